The highest BCUT2D eigenvalue weighted by Crippen LogP contribution is 2.39. The third kappa shape index (κ3) is 2.82. The standard InChI is InChI=1S/C15H23N3S/c1-17-6-7-18(13(8-16)10-17)9-12-11-19-15-5-3-2-4-14(12)15/h2-5,12-13H,6-11,16H2,1H3. The van der Waals surface area contributed by atoms with Crippen LogP contribution < -0.4 is 5.73 Å². The van der Waals surface area contributed by atoms with Gasteiger partial charge in [-0.2, -0.15) is 0 Å². The van der Waals surface area contributed by atoms with Gasteiger partial charge in [0.05, 0.1) is 0 Å². The molecule has 0 radical (unpaired) electrons. The molecule has 0 saturated carbocycles. The summed E-state index contributed by atoms with van der Waals surface area (Å²) in [6, 6.07) is 9.39. The average Bonchev–Trinajstić information content (AvgIpc) is 2.84. The van der Waals surface area contributed by atoms with Crippen LogP contribution in [0.3, 0.4) is 0 Å². The Kier molecular flexibility index (Phi) is 4.12. The lowest BCUT2D eigenvalue weighted by atomic mass is 9.99. The first kappa shape index (κ1) is 13.4. The van der Waals surface area contributed by atoms with Crippen molar-refractivity contribution < 1.29 is 0 Å². The van der Waals surface area contributed by atoms with Crippen LogP contribution in [-0.2, 0) is 0 Å². The van der Waals surface area contributed by atoms with Crippen molar-refractivity contribution in [2.75, 3.05) is 45.5 Å². The Balaban J connectivity index is 1.69. The summed E-state index contributed by atoms with van der Waals surface area (Å²) < 4.78 is 0. The van der Waals surface area contributed by atoms with Gasteiger partial charge in [0.25, 0.3) is 0 Å². The number of hydrogen-bond donors (Lipinski definition) is 1. The van der Waals surface area contributed by atoms with E-state index in [1.54, 1.807) is 5.56 Å². The molecule has 1 fully saturated rings. The molecule has 0 aliphatic carbocycles. The van der Waals surface area contributed by atoms with Gasteiger partial charge >= 0.3 is 0 Å². The van der Waals surface area contributed by atoms with Gasteiger partial charge < -0.3 is 10.6 Å². The van der Waals surface area contributed by atoms with E-state index in [4.69, 9.17) is 5.73 Å². The summed E-state index contributed by atoms with van der Waals surface area (Å²) in [7, 11) is 2.20. The topological polar surface area (TPSA) is 32.5 Å². The van der Waals surface area contributed by atoms with Gasteiger partial charge in [0.1, 0.15) is 0 Å². The van der Waals surface area contributed by atoms with Gasteiger partial charge in [-0.15, -0.1) is 11.8 Å². The number of piperazine rings is 1. The Morgan fingerprint density at radius 1 is 1.32 bits per heavy atom. The van der Waals surface area contributed by atoms with Gasteiger partial charge in [0, 0.05) is 55.3 Å². The molecule has 1 aromatic carbocycles. The minimum Gasteiger partial charge on any atom is -0.329 e. The first-order valence-electron chi connectivity index (χ1n) is 7.12. The molecule has 2 unspecified atom stereocenters. The zero-order chi connectivity index (χ0) is 13.2. The van der Waals surface area contributed by atoms with E-state index in [0.717, 1.165) is 26.2 Å². The lowest BCUT2D eigenvalue weighted by Crippen LogP contribution is -2.55. The summed E-state index contributed by atoms with van der Waals surface area (Å²) >= 11 is 2.01. The maximum absolute atomic E-state index is 5.95. The van der Waals surface area contributed by atoms with Crippen LogP contribution in [0.4, 0.5) is 0 Å². The normalized spacial score (nSPS) is 28.5. The molecule has 3 rings (SSSR count). The van der Waals surface area contributed by atoms with Crippen LogP contribution in [0.15, 0.2) is 29.2 Å². The summed E-state index contributed by atoms with van der Waals surface area (Å²) in [5.41, 5.74) is 7.49. The number of thioether (sulfide) groups is 1. The highest BCUT2D eigenvalue weighted by molar-refractivity contribution is 7.99. The molecule has 0 amide bonds. The van der Waals surface area contributed by atoms with E-state index in [1.807, 2.05) is 11.8 Å². The number of fused-ring (bicyclic) bond motifs is 1. The molecule has 3 nitrogen and oxygen atoms in total. The van der Waals surface area contributed by atoms with Crippen LogP contribution in [0.5, 0.6) is 0 Å². The minimum absolute atomic E-state index is 0.525. The van der Waals surface area contributed by atoms with Crippen molar-refractivity contribution in [3.8, 4) is 0 Å². The predicted octanol–water partition coefficient (Wildman–Crippen LogP) is 1.45. The summed E-state index contributed by atoms with van der Waals surface area (Å²) in [5, 5.41) is 0. The van der Waals surface area contributed by atoms with E-state index in [9.17, 15) is 0 Å². The third-order valence-electron chi connectivity index (χ3n) is 4.33. The fourth-order valence-corrected chi connectivity index (χ4v) is 4.42. The molecule has 0 bridgehead atoms. The van der Waals surface area contributed by atoms with Gasteiger partial charge in [0.15, 0.2) is 0 Å². The monoisotopic (exact) mass is 277 g/mol. The van der Waals surface area contributed by atoms with Crippen molar-refractivity contribution in [1.29, 1.82) is 0 Å². The van der Waals surface area contributed by atoms with Gasteiger partial charge in [-0.3, -0.25) is 4.90 Å². The lowest BCUT2D eigenvalue weighted by molar-refractivity contribution is 0.0904. The molecule has 0 aromatic heterocycles. The van der Waals surface area contributed by atoms with E-state index in [-0.39, 0.29) is 0 Å². The van der Waals surface area contributed by atoms with Crippen LogP contribution in [0.1, 0.15) is 11.5 Å². The van der Waals surface area contributed by atoms with Crippen molar-refractivity contribution in [3.05, 3.63) is 29.8 Å². The van der Waals surface area contributed by atoms with Crippen LogP contribution in [0, 0.1) is 0 Å². The second kappa shape index (κ2) is 5.83. The molecule has 2 N–H and O–H groups in total. The van der Waals surface area contributed by atoms with Gasteiger partial charge in [-0.05, 0) is 18.7 Å². The first-order chi connectivity index (χ1) is 9.28. The number of likely N-dealkylation sites (N-methyl/N-ethyl adjacent to an activating group) is 1. The summed E-state index contributed by atoms with van der Waals surface area (Å²) in [5.74, 6) is 1.90. The smallest absolute Gasteiger partial charge is 0.0346 e. The highest BCUT2D eigenvalue weighted by Gasteiger charge is 2.29. The SMILES string of the molecule is CN1CCN(CC2CSc3ccccc32)C(CN)C1. The van der Waals surface area contributed by atoms with E-state index >= 15 is 0 Å². The summed E-state index contributed by atoms with van der Waals surface area (Å²) in [4.78, 5) is 6.48. The van der Waals surface area contributed by atoms with E-state index in [1.165, 1.54) is 17.2 Å². The second-order valence-electron chi connectivity index (χ2n) is 5.69. The van der Waals surface area contributed by atoms with Gasteiger partial charge in [-0.1, -0.05) is 18.2 Å². The Hall–Kier alpha value is -0.550. The zero-order valence-corrected chi connectivity index (χ0v) is 12.4. The number of rotatable bonds is 3. The van der Waals surface area contributed by atoms with Crippen molar-refractivity contribution in [1.82, 2.24) is 9.80 Å². The number of nitrogens with two attached hydrogens (primary N) is 1. The molecule has 1 aromatic rings. The van der Waals surface area contributed by atoms with E-state index in [0.29, 0.717) is 12.0 Å². The average molecular weight is 277 g/mol. The number of hydrogen-bond acceptors (Lipinski definition) is 4. The highest BCUT2D eigenvalue weighted by atomic mass is 32.2. The van der Waals surface area contributed by atoms with Crippen LogP contribution in [0.25, 0.3) is 0 Å². The van der Waals surface area contributed by atoms with Crippen LogP contribution in [0.2, 0.25) is 0 Å². The maximum atomic E-state index is 5.95. The lowest BCUT2D eigenvalue weighted by Gasteiger charge is -2.40. The first-order valence-corrected chi connectivity index (χ1v) is 8.11. The Labute approximate surface area is 120 Å². The maximum Gasteiger partial charge on any atom is 0.0346 e. The predicted molar refractivity (Wildman–Crippen MR) is 81.8 cm³/mol. The van der Waals surface area contributed by atoms with Crippen molar-refractivity contribution in [2.45, 2.75) is 16.9 Å². The number of nitrogens with zero attached hydrogens (tertiary/aromatic N) is 2. The van der Waals surface area contributed by atoms with Gasteiger partial charge in [-0.25, -0.2) is 0 Å². The van der Waals surface area contributed by atoms with Crippen LogP contribution in [-0.4, -0.2) is 61.4 Å². The Morgan fingerprint density at radius 3 is 3.00 bits per heavy atom. The molecular formula is C15H23N3S. The molecule has 104 valence electrons. The molecule has 0 spiro atoms. The summed E-state index contributed by atoms with van der Waals surface area (Å²) in [6.45, 7) is 5.36. The van der Waals surface area contributed by atoms with Crippen molar-refractivity contribution >= 4 is 11.8 Å². The summed E-state index contributed by atoms with van der Waals surface area (Å²) in [6.07, 6.45) is 0. The van der Waals surface area contributed by atoms with Crippen LogP contribution >= 0.6 is 11.8 Å². The largest absolute Gasteiger partial charge is 0.329 e. The fourth-order valence-electron chi connectivity index (χ4n) is 3.18. The minimum atomic E-state index is 0.525. The quantitative estimate of drug-likeness (QED) is 0.906. The molecule has 4 heteroatoms. The molecule has 19 heavy (non-hydrogen) atoms. The molecular weight excluding hydrogens is 254 g/mol. The molecule has 1 saturated heterocycles. The third-order valence-corrected chi connectivity index (χ3v) is 5.59. The molecule has 2 aliphatic heterocycles. The van der Waals surface area contributed by atoms with E-state index < -0.39 is 0 Å². The fraction of sp³-hybridized carbons (Fsp3) is 0.600. The number of benzene rings is 1. The van der Waals surface area contributed by atoms with Crippen molar-refractivity contribution in [3.63, 3.8) is 0 Å². The van der Waals surface area contributed by atoms with Crippen molar-refractivity contribution in [2.24, 2.45) is 5.73 Å². The zero-order valence-electron chi connectivity index (χ0n) is 11.6. The van der Waals surface area contributed by atoms with Gasteiger partial charge in [0.2, 0.25) is 0 Å². The molecule has 2 heterocycles. The Morgan fingerprint density at radius 2 is 2.16 bits per heavy atom. The molecule has 2 aliphatic rings. The molecule has 2 atom stereocenters. The Bertz CT molecular complexity index is 437. The van der Waals surface area contributed by atoms with E-state index in [2.05, 4.69) is 41.1 Å². The second-order valence-corrected chi connectivity index (χ2v) is 6.75.